The van der Waals surface area contributed by atoms with Crippen molar-refractivity contribution in [2.24, 2.45) is 0 Å². The molecule has 0 aliphatic heterocycles. The third kappa shape index (κ3) is 3.00. The predicted octanol–water partition coefficient (Wildman–Crippen LogP) is 2.07. The summed E-state index contributed by atoms with van der Waals surface area (Å²) < 4.78 is 13.3. The van der Waals surface area contributed by atoms with Crippen LogP contribution in [0.1, 0.15) is 11.3 Å². The summed E-state index contributed by atoms with van der Waals surface area (Å²) in [5, 5.41) is 9.11. The largest absolute Gasteiger partial charge is 0.396 e. The van der Waals surface area contributed by atoms with Gasteiger partial charge < -0.3 is 10.1 Å². The number of rotatable bonds is 3. The topological polar surface area (TPSA) is 66.0 Å². The van der Waals surface area contributed by atoms with Gasteiger partial charge in [0.15, 0.2) is 0 Å². The van der Waals surface area contributed by atoms with Gasteiger partial charge in [-0.3, -0.25) is 4.79 Å². The standard InChI is InChI=1S/C13H12ClFN2O2/c1-7-11(2-3-18)13(19)17-12(16-7)8-4-9(14)6-10(15)5-8/h4-6,18H,2-3H2,1H3,(H,16,17,19). The summed E-state index contributed by atoms with van der Waals surface area (Å²) >= 11 is 5.77. The van der Waals surface area contributed by atoms with Crippen LogP contribution in [0.3, 0.4) is 0 Å². The van der Waals surface area contributed by atoms with E-state index in [2.05, 4.69) is 9.97 Å². The molecule has 6 heteroatoms. The van der Waals surface area contributed by atoms with Crippen LogP contribution in [-0.2, 0) is 6.42 Å². The lowest BCUT2D eigenvalue weighted by molar-refractivity contribution is 0.298. The number of hydrogen-bond donors (Lipinski definition) is 2. The summed E-state index contributed by atoms with van der Waals surface area (Å²) in [6.45, 7) is 1.54. The van der Waals surface area contributed by atoms with Crippen molar-refractivity contribution in [2.75, 3.05) is 6.61 Å². The van der Waals surface area contributed by atoms with Crippen LogP contribution >= 0.6 is 11.6 Å². The summed E-state index contributed by atoms with van der Waals surface area (Å²) in [7, 11) is 0. The van der Waals surface area contributed by atoms with Gasteiger partial charge in [-0.2, -0.15) is 0 Å². The number of aromatic nitrogens is 2. The molecule has 0 saturated carbocycles. The average molecular weight is 283 g/mol. The molecule has 0 saturated heterocycles. The van der Waals surface area contributed by atoms with E-state index in [1.54, 1.807) is 6.92 Å². The van der Waals surface area contributed by atoms with Gasteiger partial charge in [-0.05, 0) is 25.1 Å². The van der Waals surface area contributed by atoms with Crippen LogP contribution in [-0.4, -0.2) is 21.7 Å². The van der Waals surface area contributed by atoms with Crippen LogP contribution in [0.15, 0.2) is 23.0 Å². The Hall–Kier alpha value is -1.72. The van der Waals surface area contributed by atoms with Crippen LogP contribution < -0.4 is 5.56 Å². The molecule has 1 heterocycles. The average Bonchev–Trinajstić information content (AvgIpc) is 2.32. The maximum atomic E-state index is 13.3. The van der Waals surface area contributed by atoms with E-state index < -0.39 is 5.82 Å². The maximum Gasteiger partial charge on any atom is 0.254 e. The Labute approximate surface area is 113 Å². The molecule has 0 radical (unpaired) electrons. The third-order valence-corrected chi connectivity index (χ3v) is 2.94. The minimum atomic E-state index is -0.498. The zero-order valence-corrected chi connectivity index (χ0v) is 11.0. The first-order valence-corrected chi connectivity index (χ1v) is 6.06. The SMILES string of the molecule is Cc1nc(-c2cc(F)cc(Cl)c2)[nH]c(=O)c1CCO. The van der Waals surface area contributed by atoms with Crippen LogP contribution in [0.2, 0.25) is 5.02 Å². The van der Waals surface area contributed by atoms with Crippen LogP contribution in [0.5, 0.6) is 0 Å². The quantitative estimate of drug-likeness (QED) is 0.906. The number of nitrogens with one attached hydrogen (secondary N) is 1. The van der Waals surface area contributed by atoms with Crippen molar-refractivity contribution in [3.05, 3.63) is 50.7 Å². The Balaban J connectivity index is 2.55. The lowest BCUT2D eigenvalue weighted by atomic mass is 10.1. The molecule has 1 aromatic carbocycles. The molecule has 2 N–H and O–H groups in total. The van der Waals surface area contributed by atoms with Crippen molar-refractivity contribution < 1.29 is 9.50 Å². The van der Waals surface area contributed by atoms with Gasteiger partial charge >= 0.3 is 0 Å². The van der Waals surface area contributed by atoms with Crippen molar-refractivity contribution in [2.45, 2.75) is 13.3 Å². The molecule has 19 heavy (non-hydrogen) atoms. The van der Waals surface area contributed by atoms with Gasteiger partial charge in [0.2, 0.25) is 0 Å². The smallest absolute Gasteiger partial charge is 0.254 e. The number of aliphatic hydroxyl groups is 1. The molecule has 0 aliphatic carbocycles. The second-order valence-electron chi connectivity index (χ2n) is 4.11. The summed E-state index contributed by atoms with van der Waals surface area (Å²) in [5.74, 6) is -0.243. The van der Waals surface area contributed by atoms with Crippen molar-refractivity contribution in [3.63, 3.8) is 0 Å². The Kier molecular flexibility index (Phi) is 3.97. The number of aryl methyl sites for hydroxylation is 1. The molecule has 2 aromatic rings. The van der Waals surface area contributed by atoms with E-state index >= 15 is 0 Å². The highest BCUT2D eigenvalue weighted by atomic mass is 35.5. The Morgan fingerprint density at radius 3 is 2.74 bits per heavy atom. The van der Waals surface area contributed by atoms with E-state index in [0.29, 0.717) is 16.8 Å². The molecule has 0 atom stereocenters. The minimum Gasteiger partial charge on any atom is -0.396 e. The van der Waals surface area contributed by atoms with Crippen molar-refractivity contribution in [3.8, 4) is 11.4 Å². The van der Waals surface area contributed by atoms with Gasteiger partial charge in [0, 0.05) is 34.9 Å². The monoisotopic (exact) mass is 282 g/mol. The number of H-pyrrole nitrogens is 1. The number of aromatic amines is 1. The van der Waals surface area contributed by atoms with E-state index in [-0.39, 0.29) is 29.4 Å². The van der Waals surface area contributed by atoms with Gasteiger partial charge in [-0.15, -0.1) is 0 Å². The highest BCUT2D eigenvalue weighted by molar-refractivity contribution is 6.30. The molecule has 0 fully saturated rings. The van der Waals surface area contributed by atoms with Crippen molar-refractivity contribution in [1.29, 1.82) is 0 Å². The Morgan fingerprint density at radius 1 is 1.42 bits per heavy atom. The van der Waals surface area contributed by atoms with E-state index in [4.69, 9.17) is 16.7 Å². The van der Waals surface area contributed by atoms with E-state index in [1.807, 2.05) is 0 Å². The molecule has 0 aliphatic rings. The molecule has 0 amide bonds. The van der Waals surface area contributed by atoms with E-state index in [0.717, 1.165) is 0 Å². The third-order valence-electron chi connectivity index (χ3n) is 2.72. The molecule has 100 valence electrons. The fourth-order valence-corrected chi connectivity index (χ4v) is 2.07. The number of hydrogen-bond acceptors (Lipinski definition) is 3. The summed E-state index contributed by atoms with van der Waals surface area (Å²) in [6, 6.07) is 3.94. The maximum absolute atomic E-state index is 13.3. The molecule has 0 bridgehead atoms. The summed E-state index contributed by atoms with van der Waals surface area (Å²) in [6.07, 6.45) is 0.234. The number of halogens is 2. The molecule has 0 spiro atoms. The van der Waals surface area contributed by atoms with E-state index in [1.165, 1.54) is 18.2 Å². The minimum absolute atomic E-state index is 0.128. The number of benzene rings is 1. The normalized spacial score (nSPS) is 10.7. The Bertz CT molecular complexity index is 650. The van der Waals surface area contributed by atoms with Gasteiger partial charge in [-0.1, -0.05) is 11.6 Å². The second-order valence-corrected chi connectivity index (χ2v) is 4.55. The van der Waals surface area contributed by atoms with Gasteiger partial charge in [0.05, 0.1) is 0 Å². The first-order valence-electron chi connectivity index (χ1n) is 5.68. The Morgan fingerprint density at radius 2 is 2.16 bits per heavy atom. The van der Waals surface area contributed by atoms with Gasteiger partial charge in [-0.25, -0.2) is 9.37 Å². The molecule has 4 nitrogen and oxygen atoms in total. The first kappa shape index (κ1) is 13.7. The fourth-order valence-electron chi connectivity index (χ4n) is 1.84. The lowest BCUT2D eigenvalue weighted by Crippen LogP contribution is -2.18. The lowest BCUT2D eigenvalue weighted by Gasteiger charge is -2.07. The molecule has 0 unspecified atom stereocenters. The molecular weight excluding hydrogens is 271 g/mol. The highest BCUT2D eigenvalue weighted by Crippen LogP contribution is 2.21. The van der Waals surface area contributed by atoms with Gasteiger partial charge in [0.1, 0.15) is 11.6 Å². The zero-order valence-electron chi connectivity index (χ0n) is 10.2. The highest BCUT2D eigenvalue weighted by Gasteiger charge is 2.10. The predicted molar refractivity (Wildman–Crippen MR) is 70.8 cm³/mol. The molecule has 1 aromatic heterocycles. The van der Waals surface area contributed by atoms with Crippen LogP contribution in [0.25, 0.3) is 11.4 Å². The zero-order chi connectivity index (χ0) is 14.0. The summed E-state index contributed by atoms with van der Waals surface area (Å²) in [5.41, 5.74) is 1.000. The van der Waals surface area contributed by atoms with Gasteiger partial charge in [0.25, 0.3) is 5.56 Å². The number of aliphatic hydroxyl groups excluding tert-OH is 1. The van der Waals surface area contributed by atoms with E-state index in [9.17, 15) is 9.18 Å². The summed E-state index contributed by atoms with van der Waals surface area (Å²) in [4.78, 5) is 18.6. The molecular formula is C13H12ClFN2O2. The first-order chi connectivity index (χ1) is 9.01. The van der Waals surface area contributed by atoms with Crippen molar-refractivity contribution in [1.82, 2.24) is 9.97 Å². The van der Waals surface area contributed by atoms with Crippen molar-refractivity contribution >= 4 is 11.6 Å². The fraction of sp³-hybridized carbons (Fsp3) is 0.231. The molecule has 2 rings (SSSR count). The van der Waals surface area contributed by atoms with Crippen LogP contribution in [0.4, 0.5) is 4.39 Å². The van der Waals surface area contributed by atoms with Crippen LogP contribution in [0, 0.1) is 12.7 Å². The number of nitrogens with zero attached hydrogens (tertiary/aromatic N) is 1. The second kappa shape index (κ2) is 5.50.